The maximum absolute atomic E-state index is 12.1. The summed E-state index contributed by atoms with van der Waals surface area (Å²) in [4.78, 5) is 38.5. The topological polar surface area (TPSA) is 109 Å². The molecule has 0 aliphatic carbocycles. The summed E-state index contributed by atoms with van der Waals surface area (Å²) in [6, 6.07) is 6.78. The molecular formula is C16H18N4O4S. The summed E-state index contributed by atoms with van der Waals surface area (Å²) < 4.78 is 4.76. The van der Waals surface area contributed by atoms with Gasteiger partial charge in [0.15, 0.2) is 5.13 Å². The lowest BCUT2D eigenvalue weighted by molar-refractivity contribution is -0.116. The normalized spacial score (nSPS) is 10.0. The fraction of sp³-hybridized carbons (Fsp3) is 0.250. The SMILES string of the molecule is CCOC(=O)Nc1nc(CC(=O)Nc2ccc(NC(C)=O)cc2)cs1. The van der Waals surface area contributed by atoms with Crippen molar-refractivity contribution in [3.63, 3.8) is 0 Å². The highest BCUT2D eigenvalue weighted by molar-refractivity contribution is 7.13. The van der Waals surface area contributed by atoms with Crippen LogP contribution in [0.25, 0.3) is 0 Å². The fourth-order valence-corrected chi connectivity index (χ4v) is 2.61. The number of hydrogen-bond acceptors (Lipinski definition) is 6. The van der Waals surface area contributed by atoms with Crippen LogP contribution in [-0.4, -0.2) is 29.5 Å². The first-order valence-electron chi connectivity index (χ1n) is 7.52. The van der Waals surface area contributed by atoms with Crippen molar-refractivity contribution in [1.29, 1.82) is 0 Å². The molecule has 25 heavy (non-hydrogen) atoms. The average Bonchev–Trinajstić information content (AvgIpc) is 2.95. The Balaban J connectivity index is 1.86. The Hall–Kier alpha value is -2.94. The first-order chi connectivity index (χ1) is 12.0. The molecule has 132 valence electrons. The summed E-state index contributed by atoms with van der Waals surface area (Å²) >= 11 is 1.22. The van der Waals surface area contributed by atoms with Crippen molar-refractivity contribution in [2.45, 2.75) is 20.3 Å². The second kappa shape index (κ2) is 8.78. The van der Waals surface area contributed by atoms with E-state index in [2.05, 4.69) is 20.9 Å². The summed E-state index contributed by atoms with van der Waals surface area (Å²) in [6.45, 7) is 3.40. The molecule has 9 heteroatoms. The van der Waals surface area contributed by atoms with Crippen molar-refractivity contribution in [1.82, 2.24) is 4.98 Å². The third-order valence-corrected chi connectivity index (χ3v) is 3.67. The molecule has 1 heterocycles. The molecule has 0 radical (unpaired) electrons. The Bertz CT molecular complexity index is 758. The maximum atomic E-state index is 12.1. The molecule has 0 aliphatic rings. The molecule has 0 aliphatic heterocycles. The maximum Gasteiger partial charge on any atom is 0.413 e. The van der Waals surface area contributed by atoms with Gasteiger partial charge < -0.3 is 15.4 Å². The third-order valence-electron chi connectivity index (χ3n) is 2.87. The number of hydrogen-bond donors (Lipinski definition) is 3. The number of carbonyl (C=O) groups is 3. The van der Waals surface area contributed by atoms with Gasteiger partial charge in [0.1, 0.15) is 0 Å². The number of rotatable bonds is 6. The van der Waals surface area contributed by atoms with Crippen LogP contribution < -0.4 is 16.0 Å². The number of benzene rings is 1. The van der Waals surface area contributed by atoms with Gasteiger partial charge in [0.2, 0.25) is 11.8 Å². The largest absolute Gasteiger partial charge is 0.450 e. The van der Waals surface area contributed by atoms with E-state index in [-0.39, 0.29) is 24.8 Å². The Morgan fingerprint density at radius 2 is 1.72 bits per heavy atom. The highest BCUT2D eigenvalue weighted by Gasteiger charge is 2.10. The number of anilines is 3. The van der Waals surface area contributed by atoms with Gasteiger partial charge >= 0.3 is 6.09 Å². The van der Waals surface area contributed by atoms with Crippen molar-refractivity contribution >= 4 is 45.8 Å². The van der Waals surface area contributed by atoms with E-state index in [0.29, 0.717) is 22.2 Å². The molecule has 0 atom stereocenters. The van der Waals surface area contributed by atoms with E-state index in [1.165, 1.54) is 18.3 Å². The van der Waals surface area contributed by atoms with Gasteiger partial charge in [-0.05, 0) is 31.2 Å². The smallest absolute Gasteiger partial charge is 0.413 e. The van der Waals surface area contributed by atoms with Crippen LogP contribution in [0.2, 0.25) is 0 Å². The quantitative estimate of drug-likeness (QED) is 0.732. The zero-order valence-corrected chi connectivity index (χ0v) is 14.6. The highest BCUT2D eigenvalue weighted by atomic mass is 32.1. The number of amides is 3. The van der Waals surface area contributed by atoms with Crippen LogP contribution in [0.15, 0.2) is 29.6 Å². The Morgan fingerprint density at radius 3 is 2.32 bits per heavy atom. The minimum Gasteiger partial charge on any atom is -0.450 e. The molecule has 0 spiro atoms. The summed E-state index contributed by atoms with van der Waals surface area (Å²) in [5, 5.41) is 9.95. The fourth-order valence-electron chi connectivity index (χ4n) is 1.91. The third kappa shape index (κ3) is 6.22. The predicted molar refractivity (Wildman–Crippen MR) is 95.8 cm³/mol. The van der Waals surface area contributed by atoms with Gasteiger partial charge in [-0.2, -0.15) is 0 Å². The zero-order valence-electron chi connectivity index (χ0n) is 13.8. The number of carbonyl (C=O) groups excluding carboxylic acids is 3. The predicted octanol–water partition coefficient (Wildman–Crippen LogP) is 2.85. The lowest BCUT2D eigenvalue weighted by atomic mass is 10.2. The minimum absolute atomic E-state index is 0.0778. The molecule has 0 fully saturated rings. The van der Waals surface area contributed by atoms with E-state index in [1.807, 2.05) is 0 Å². The molecule has 2 aromatic rings. The van der Waals surface area contributed by atoms with Gasteiger partial charge in [0.05, 0.1) is 18.7 Å². The molecule has 0 bridgehead atoms. The minimum atomic E-state index is -0.577. The molecule has 1 aromatic heterocycles. The first-order valence-corrected chi connectivity index (χ1v) is 8.40. The molecule has 3 amide bonds. The van der Waals surface area contributed by atoms with Crippen LogP contribution in [0.1, 0.15) is 19.5 Å². The van der Waals surface area contributed by atoms with Crippen LogP contribution in [0.4, 0.5) is 21.3 Å². The molecule has 1 aromatic carbocycles. The van der Waals surface area contributed by atoms with Gasteiger partial charge in [-0.1, -0.05) is 0 Å². The summed E-state index contributed by atoms with van der Waals surface area (Å²) in [5.41, 5.74) is 1.81. The van der Waals surface area contributed by atoms with Crippen molar-refractivity contribution in [3.8, 4) is 0 Å². The Labute approximate surface area is 148 Å². The van der Waals surface area contributed by atoms with Gasteiger partial charge in [0, 0.05) is 23.7 Å². The summed E-state index contributed by atoms with van der Waals surface area (Å²) in [5.74, 6) is -0.396. The second-order valence-corrected chi connectivity index (χ2v) is 5.83. The molecule has 0 unspecified atom stereocenters. The lowest BCUT2D eigenvalue weighted by Crippen LogP contribution is -2.15. The summed E-state index contributed by atoms with van der Waals surface area (Å²) in [7, 11) is 0. The van der Waals surface area contributed by atoms with Crippen LogP contribution in [0, 0.1) is 0 Å². The van der Waals surface area contributed by atoms with Crippen LogP contribution in [0.3, 0.4) is 0 Å². The van der Waals surface area contributed by atoms with Gasteiger partial charge in [-0.25, -0.2) is 9.78 Å². The van der Waals surface area contributed by atoms with E-state index in [1.54, 1.807) is 36.6 Å². The second-order valence-electron chi connectivity index (χ2n) is 4.97. The van der Waals surface area contributed by atoms with Crippen molar-refractivity contribution in [2.24, 2.45) is 0 Å². The van der Waals surface area contributed by atoms with E-state index >= 15 is 0 Å². The Morgan fingerprint density at radius 1 is 1.08 bits per heavy atom. The Kier molecular flexibility index (Phi) is 6.47. The van der Waals surface area contributed by atoms with Crippen molar-refractivity contribution in [2.75, 3.05) is 22.6 Å². The number of nitrogens with one attached hydrogen (secondary N) is 3. The zero-order chi connectivity index (χ0) is 18.2. The monoisotopic (exact) mass is 362 g/mol. The van der Waals surface area contributed by atoms with Crippen molar-refractivity contribution in [3.05, 3.63) is 35.3 Å². The molecule has 8 nitrogen and oxygen atoms in total. The molecular weight excluding hydrogens is 344 g/mol. The van der Waals surface area contributed by atoms with E-state index < -0.39 is 6.09 Å². The first kappa shape index (κ1) is 18.4. The highest BCUT2D eigenvalue weighted by Crippen LogP contribution is 2.17. The molecule has 2 rings (SSSR count). The van der Waals surface area contributed by atoms with Gasteiger partial charge in [0.25, 0.3) is 0 Å². The summed E-state index contributed by atoms with van der Waals surface area (Å²) in [6.07, 6.45) is -0.499. The van der Waals surface area contributed by atoms with Crippen LogP contribution >= 0.6 is 11.3 Å². The van der Waals surface area contributed by atoms with E-state index in [9.17, 15) is 14.4 Å². The number of thiazole rings is 1. The average molecular weight is 362 g/mol. The van der Waals surface area contributed by atoms with Crippen LogP contribution in [0.5, 0.6) is 0 Å². The van der Waals surface area contributed by atoms with E-state index in [0.717, 1.165) is 0 Å². The van der Waals surface area contributed by atoms with E-state index in [4.69, 9.17) is 4.74 Å². The lowest BCUT2D eigenvalue weighted by Gasteiger charge is -2.06. The number of ether oxygens (including phenoxy) is 1. The van der Waals surface area contributed by atoms with Gasteiger partial charge in [-0.3, -0.25) is 14.9 Å². The number of aromatic nitrogens is 1. The molecule has 0 saturated heterocycles. The van der Waals surface area contributed by atoms with Crippen molar-refractivity contribution < 1.29 is 19.1 Å². The molecule has 0 saturated carbocycles. The molecule has 3 N–H and O–H groups in total. The standard InChI is InChI=1S/C16H18N4O4S/c1-3-24-16(23)20-15-19-13(9-25-15)8-14(22)18-12-6-4-11(5-7-12)17-10(2)21/h4-7,9H,3,8H2,1-2H3,(H,17,21)(H,18,22)(H,19,20,23). The van der Waals surface area contributed by atoms with Gasteiger partial charge in [-0.15, -0.1) is 11.3 Å². The van der Waals surface area contributed by atoms with Crippen LogP contribution in [-0.2, 0) is 20.7 Å². The number of nitrogens with zero attached hydrogens (tertiary/aromatic N) is 1.